The molecule has 0 aliphatic rings. The monoisotopic (exact) mass is 359 g/mol. The van der Waals surface area contributed by atoms with E-state index in [1.807, 2.05) is 54.6 Å². The molecule has 2 aromatic carbocycles. The molecule has 2 N–H and O–H groups in total. The van der Waals surface area contributed by atoms with Crippen molar-refractivity contribution in [1.82, 2.24) is 20.0 Å². The van der Waals surface area contributed by atoms with E-state index in [4.69, 9.17) is 4.74 Å². The number of hydrogen-bond acceptors (Lipinski definition) is 4. The van der Waals surface area contributed by atoms with Gasteiger partial charge in [0.2, 0.25) is 0 Å². The summed E-state index contributed by atoms with van der Waals surface area (Å²) in [4.78, 5) is 12.6. The number of H-pyrrole nitrogens is 1. The zero-order valence-corrected chi connectivity index (χ0v) is 14.6. The Morgan fingerprint density at radius 1 is 1.11 bits per heavy atom. The highest BCUT2D eigenvalue weighted by Gasteiger charge is 2.17. The second-order valence-electron chi connectivity index (χ2n) is 5.83. The number of rotatable bonds is 5. The van der Waals surface area contributed by atoms with Crippen molar-refractivity contribution in [3.63, 3.8) is 0 Å². The van der Waals surface area contributed by atoms with Gasteiger partial charge in [0.1, 0.15) is 5.75 Å². The quantitative estimate of drug-likeness (QED) is 0.571. The molecule has 0 aliphatic heterocycles. The van der Waals surface area contributed by atoms with Crippen LogP contribution in [0.1, 0.15) is 10.5 Å². The van der Waals surface area contributed by atoms with E-state index in [-0.39, 0.29) is 5.91 Å². The number of methoxy groups -OCH3 is 1. The Labute approximate surface area is 155 Å². The van der Waals surface area contributed by atoms with Gasteiger partial charge in [-0.25, -0.2) is 4.68 Å². The molecule has 0 fully saturated rings. The smallest absolute Gasteiger partial charge is 0.276 e. The minimum Gasteiger partial charge on any atom is -0.497 e. The van der Waals surface area contributed by atoms with Gasteiger partial charge in [-0.1, -0.05) is 18.2 Å². The van der Waals surface area contributed by atoms with Gasteiger partial charge in [0.25, 0.3) is 5.91 Å². The molecule has 1 amide bonds. The van der Waals surface area contributed by atoms with E-state index < -0.39 is 0 Å². The summed E-state index contributed by atoms with van der Waals surface area (Å²) in [5.41, 5.74) is 3.49. The molecule has 0 saturated heterocycles. The van der Waals surface area contributed by atoms with Gasteiger partial charge in [0, 0.05) is 11.8 Å². The molecule has 0 aliphatic carbocycles. The number of aromatic amines is 1. The van der Waals surface area contributed by atoms with Crippen LogP contribution in [0.15, 0.2) is 73.1 Å². The minimum absolute atomic E-state index is 0.305. The zero-order chi connectivity index (χ0) is 18.6. The number of carbonyl (C=O) groups excluding carboxylic acids is 1. The summed E-state index contributed by atoms with van der Waals surface area (Å²) in [6.07, 6.45) is 3.15. The fourth-order valence-corrected chi connectivity index (χ4v) is 2.74. The third kappa shape index (κ3) is 3.43. The average molecular weight is 359 g/mol. The normalized spacial score (nSPS) is 10.6. The predicted octanol–water partition coefficient (Wildman–Crippen LogP) is 3.52. The van der Waals surface area contributed by atoms with E-state index in [9.17, 15) is 4.79 Å². The molecule has 0 atom stereocenters. The summed E-state index contributed by atoms with van der Waals surface area (Å²) in [7, 11) is 1.63. The third-order valence-corrected chi connectivity index (χ3v) is 4.08. The van der Waals surface area contributed by atoms with E-state index >= 15 is 0 Å². The first-order valence-corrected chi connectivity index (χ1v) is 8.34. The molecule has 0 saturated carbocycles. The Hall–Kier alpha value is -3.87. The summed E-state index contributed by atoms with van der Waals surface area (Å²) in [5.74, 6) is 0.461. The first kappa shape index (κ1) is 16.6. The van der Waals surface area contributed by atoms with Gasteiger partial charge in [-0.3, -0.25) is 9.89 Å². The van der Waals surface area contributed by atoms with E-state index in [0.29, 0.717) is 11.4 Å². The molecule has 0 spiro atoms. The molecule has 0 radical (unpaired) electrons. The van der Waals surface area contributed by atoms with Crippen LogP contribution in [0.5, 0.6) is 5.75 Å². The Morgan fingerprint density at radius 3 is 2.56 bits per heavy atom. The Kier molecular flexibility index (Phi) is 4.40. The molecule has 4 aromatic rings. The summed E-state index contributed by atoms with van der Waals surface area (Å²) < 4.78 is 6.98. The number of ether oxygens (including phenoxy) is 1. The molecule has 0 unspecified atom stereocenters. The van der Waals surface area contributed by atoms with Gasteiger partial charge >= 0.3 is 0 Å². The number of hydrogen-bond donors (Lipinski definition) is 2. The van der Waals surface area contributed by atoms with Gasteiger partial charge < -0.3 is 10.1 Å². The number of anilines is 1. The van der Waals surface area contributed by atoms with Crippen molar-refractivity contribution in [3.05, 3.63) is 78.8 Å². The molecule has 2 aromatic heterocycles. The fraction of sp³-hybridized carbons (Fsp3) is 0.0500. The van der Waals surface area contributed by atoms with Crippen molar-refractivity contribution < 1.29 is 9.53 Å². The minimum atomic E-state index is -0.305. The lowest BCUT2D eigenvalue weighted by Gasteiger charge is -2.08. The fourth-order valence-electron chi connectivity index (χ4n) is 2.74. The molecule has 7 heteroatoms. The first-order valence-electron chi connectivity index (χ1n) is 8.34. The van der Waals surface area contributed by atoms with Crippen LogP contribution in [0, 0.1) is 0 Å². The molecule has 7 nitrogen and oxygen atoms in total. The van der Waals surface area contributed by atoms with Crippen molar-refractivity contribution in [1.29, 1.82) is 0 Å². The van der Waals surface area contributed by atoms with Gasteiger partial charge in [-0.2, -0.15) is 10.2 Å². The van der Waals surface area contributed by atoms with Crippen LogP contribution < -0.4 is 10.1 Å². The van der Waals surface area contributed by atoms with Crippen LogP contribution >= 0.6 is 0 Å². The third-order valence-electron chi connectivity index (χ3n) is 4.08. The maximum atomic E-state index is 12.6. The van der Waals surface area contributed by atoms with Crippen LogP contribution in [-0.4, -0.2) is 33.0 Å². The second kappa shape index (κ2) is 7.17. The SMILES string of the molecule is COc1ccc(-c2cc(C(=O)Nc3cn[nH]c3)nn2-c2ccccc2)cc1. The van der Waals surface area contributed by atoms with Crippen molar-refractivity contribution >= 4 is 11.6 Å². The molecule has 0 bridgehead atoms. The molecule has 4 rings (SSSR count). The largest absolute Gasteiger partial charge is 0.497 e. The summed E-state index contributed by atoms with van der Waals surface area (Å²) in [6.45, 7) is 0. The standard InChI is InChI=1S/C20H17N5O2/c1-27-17-9-7-14(8-10-17)19-11-18(20(26)23-15-12-21-22-13-15)24-25(19)16-5-3-2-4-6-16/h2-13H,1H3,(H,21,22)(H,23,26). The van der Waals surface area contributed by atoms with E-state index in [0.717, 1.165) is 22.7 Å². The summed E-state index contributed by atoms with van der Waals surface area (Å²) in [6, 6.07) is 19.1. The first-order chi connectivity index (χ1) is 13.2. The van der Waals surface area contributed by atoms with Gasteiger partial charge in [0.15, 0.2) is 5.69 Å². The van der Waals surface area contributed by atoms with Crippen LogP contribution in [0.4, 0.5) is 5.69 Å². The Balaban J connectivity index is 1.76. The van der Waals surface area contributed by atoms with Crippen molar-refractivity contribution in [2.75, 3.05) is 12.4 Å². The van der Waals surface area contributed by atoms with Crippen LogP contribution in [-0.2, 0) is 0 Å². The lowest BCUT2D eigenvalue weighted by molar-refractivity contribution is 0.102. The zero-order valence-electron chi connectivity index (χ0n) is 14.6. The van der Waals surface area contributed by atoms with Crippen molar-refractivity contribution in [2.45, 2.75) is 0 Å². The summed E-state index contributed by atoms with van der Waals surface area (Å²) in [5, 5.41) is 13.8. The number of nitrogens with zero attached hydrogens (tertiary/aromatic N) is 3. The molecule has 134 valence electrons. The second-order valence-corrected chi connectivity index (χ2v) is 5.83. The molecular formula is C20H17N5O2. The number of carbonyl (C=O) groups is 1. The number of para-hydroxylation sites is 1. The Morgan fingerprint density at radius 2 is 1.89 bits per heavy atom. The average Bonchev–Trinajstić information content (AvgIpc) is 3.39. The number of benzene rings is 2. The maximum absolute atomic E-state index is 12.6. The topological polar surface area (TPSA) is 84.8 Å². The van der Waals surface area contributed by atoms with Crippen molar-refractivity contribution in [3.8, 4) is 22.7 Å². The lowest BCUT2D eigenvalue weighted by atomic mass is 10.1. The summed E-state index contributed by atoms with van der Waals surface area (Å²) >= 11 is 0. The number of aromatic nitrogens is 4. The van der Waals surface area contributed by atoms with Gasteiger partial charge in [-0.15, -0.1) is 0 Å². The number of nitrogens with one attached hydrogen (secondary N) is 2. The molecule has 27 heavy (non-hydrogen) atoms. The van der Waals surface area contributed by atoms with Gasteiger partial charge in [-0.05, 0) is 42.5 Å². The van der Waals surface area contributed by atoms with Gasteiger partial charge in [0.05, 0.1) is 30.4 Å². The molecular weight excluding hydrogens is 342 g/mol. The highest BCUT2D eigenvalue weighted by Crippen LogP contribution is 2.26. The van der Waals surface area contributed by atoms with Crippen LogP contribution in [0.2, 0.25) is 0 Å². The lowest BCUT2D eigenvalue weighted by Crippen LogP contribution is -2.12. The highest BCUT2D eigenvalue weighted by molar-refractivity contribution is 6.03. The molecule has 2 heterocycles. The number of amides is 1. The Bertz CT molecular complexity index is 1040. The predicted molar refractivity (Wildman–Crippen MR) is 102 cm³/mol. The van der Waals surface area contributed by atoms with Crippen LogP contribution in [0.3, 0.4) is 0 Å². The van der Waals surface area contributed by atoms with E-state index in [2.05, 4.69) is 20.6 Å². The van der Waals surface area contributed by atoms with E-state index in [1.165, 1.54) is 6.20 Å². The highest BCUT2D eigenvalue weighted by atomic mass is 16.5. The van der Waals surface area contributed by atoms with E-state index in [1.54, 1.807) is 24.1 Å². The van der Waals surface area contributed by atoms with Crippen molar-refractivity contribution in [2.24, 2.45) is 0 Å². The maximum Gasteiger partial charge on any atom is 0.276 e. The van der Waals surface area contributed by atoms with Crippen LogP contribution in [0.25, 0.3) is 16.9 Å².